The highest BCUT2D eigenvalue weighted by Crippen LogP contribution is 2.38. The van der Waals surface area contributed by atoms with Crippen LogP contribution in [0.15, 0.2) is 42.5 Å². The molecule has 0 spiro atoms. The van der Waals surface area contributed by atoms with Crippen LogP contribution in [0, 0.1) is 5.41 Å². The maximum Gasteiger partial charge on any atom is 0.445 e. The van der Waals surface area contributed by atoms with Crippen molar-refractivity contribution in [2.45, 2.75) is 6.18 Å². The molecule has 0 radical (unpaired) electrons. The largest absolute Gasteiger partial charge is 0.445 e. The van der Waals surface area contributed by atoms with Gasteiger partial charge in [-0.15, -0.1) is 21.5 Å². The van der Waals surface area contributed by atoms with E-state index in [2.05, 4.69) is 15.5 Å². The van der Waals surface area contributed by atoms with Crippen molar-refractivity contribution in [1.82, 2.24) is 10.2 Å². The van der Waals surface area contributed by atoms with E-state index in [-0.39, 0.29) is 22.0 Å². The van der Waals surface area contributed by atoms with E-state index in [1.54, 1.807) is 6.07 Å². The Hall–Kier alpha value is -3.31. The lowest BCUT2D eigenvalue weighted by molar-refractivity contribution is -0.138. The molecule has 1 amide bonds. The minimum Gasteiger partial charge on any atom is -0.398 e. The molecule has 0 saturated heterocycles. The average Bonchev–Trinajstić information content (AvgIpc) is 3.34. The fourth-order valence-corrected chi connectivity index (χ4v) is 4.50. The first-order valence-corrected chi connectivity index (χ1v) is 10.0. The van der Waals surface area contributed by atoms with Gasteiger partial charge in [0.2, 0.25) is 10.1 Å². The summed E-state index contributed by atoms with van der Waals surface area (Å²) in [6, 6.07) is 12.6. The van der Waals surface area contributed by atoms with E-state index in [0.717, 1.165) is 21.2 Å². The van der Waals surface area contributed by atoms with Gasteiger partial charge in [0.1, 0.15) is 0 Å². The minimum absolute atomic E-state index is 0.138. The van der Waals surface area contributed by atoms with Crippen molar-refractivity contribution in [3.63, 3.8) is 0 Å². The maximum atomic E-state index is 12.7. The highest BCUT2D eigenvalue weighted by atomic mass is 32.1. The molecule has 11 heteroatoms. The molecular formula is C19H12F3N5OS2. The third-order valence-electron chi connectivity index (χ3n) is 4.21. The van der Waals surface area contributed by atoms with Gasteiger partial charge in [-0.05, 0) is 29.7 Å². The van der Waals surface area contributed by atoms with E-state index in [1.807, 2.05) is 30.3 Å². The summed E-state index contributed by atoms with van der Waals surface area (Å²) in [4.78, 5) is 13.4. The molecular weight excluding hydrogens is 435 g/mol. The standard InChI is InChI=1S/C19H12F3N5OS2/c20-19(21,22)17-26-27-18(30-17)25-16(28)10-5-11(8-23)15(24)12(6-10)14-7-9-3-1-2-4-13(9)29-14/h1-8,23H,24H2,(H,25,27,28). The fourth-order valence-electron chi connectivity index (χ4n) is 2.80. The Balaban J connectivity index is 1.71. The van der Waals surface area contributed by atoms with Crippen LogP contribution in [-0.2, 0) is 6.18 Å². The summed E-state index contributed by atoms with van der Waals surface area (Å²) in [6.07, 6.45) is -3.61. The molecule has 2 heterocycles. The van der Waals surface area contributed by atoms with Crippen molar-refractivity contribution in [3.8, 4) is 10.4 Å². The normalized spacial score (nSPS) is 11.6. The Kier molecular flexibility index (Phi) is 5.00. The Morgan fingerprint density at radius 2 is 1.90 bits per heavy atom. The van der Waals surface area contributed by atoms with Crippen molar-refractivity contribution in [3.05, 3.63) is 58.6 Å². The monoisotopic (exact) mass is 447 g/mol. The Morgan fingerprint density at radius 3 is 2.57 bits per heavy atom. The van der Waals surface area contributed by atoms with E-state index in [4.69, 9.17) is 11.1 Å². The molecule has 0 atom stereocenters. The topological polar surface area (TPSA) is 105 Å². The molecule has 0 aliphatic heterocycles. The Bertz CT molecular complexity index is 1250. The quantitative estimate of drug-likeness (QED) is 0.293. The van der Waals surface area contributed by atoms with Gasteiger partial charge in [-0.1, -0.05) is 29.5 Å². The van der Waals surface area contributed by atoms with Crippen LogP contribution in [-0.4, -0.2) is 22.3 Å². The van der Waals surface area contributed by atoms with Crippen LogP contribution in [0.4, 0.5) is 24.0 Å². The van der Waals surface area contributed by atoms with E-state index in [0.29, 0.717) is 16.8 Å². The molecule has 152 valence electrons. The zero-order valence-electron chi connectivity index (χ0n) is 14.9. The number of nitrogen functional groups attached to an aromatic ring is 1. The summed E-state index contributed by atoms with van der Waals surface area (Å²) in [6.45, 7) is 0. The van der Waals surface area contributed by atoms with Gasteiger partial charge >= 0.3 is 6.18 Å². The van der Waals surface area contributed by atoms with Crippen LogP contribution in [0.1, 0.15) is 20.9 Å². The van der Waals surface area contributed by atoms with Crippen molar-refractivity contribution in [1.29, 1.82) is 5.41 Å². The van der Waals surface area contributed by atoms with Crippen LogP contribution in [0.25, 0.3) is 20.5 Å². The van der Waals surface area contributed by atoms with Crippen molar-refractivity contribution in [2.75, 3.05) is 11.1 Å². The van der Waals surface area contributed by atoms with Gasteiger partial charge in [0, 0.05) is 38.2 Å². The second kappa shape index (κ2) is 7.50. The number of carbonyl (C=O) groups excluding carboxylic acids is 1. The van der Waals surface area contributed by atoms with Gasteiger partial charge in [-0.3, -0.25) is 10.1 Å². The predicted octanol–water partition coefficient (Wildman–Crippen LogP) is 5.27. The highest BCUT2D eigenvalue weighted by molar-refractivity contribution is 7.22. The number of alkyl halides is 3. The predicted molar refractivity (Wildman–Crippen MR) is 112 cm³/mol. The number of carbonyl (C=O) groups is 1. The number of halogens is 3. The van der Waals surface area contributed by atoms with Crippen molar-refractivity contribution < 1.29 is 18.0 Å². The van der Waals surface area contributed by atoms with Gasteiger partial charge in [-0.2, -0.15) is 13.2 Å². The second-order valence-electron chi connectivity index (χ2n) is 6.18. The van der Waals surface area contributed by atoms with Gasteiger partial charge in [0.05, 0.1) is 0 Å². The van der Waals surface area contributed by atoms with E-state index >= 15 is 0 Å². The number of hydrogen-bond donors (Lipinski definition) is 3. The fraction of sp³-hybridized carbons (Fsp3) is 0.0526. The molecule has 2 aromatic carbocycles. The van der Waals surface area contributed by atoms with Gasteiger partial charge in [0.15, 0.2) is 0 Å². The van der Waals surface area contributed by atoms with Crippen molar-refractivity contribution in [2.24, 2.45) is 0 Å². The number of nitrogens with zero attached hydrogens (tertiary/aromatic N) is 2. The molecule has 0 aliphatic carbocycles. The first-order valence-electron chi connectivity index (χ1n) is 8.41. The molecule has 0 unspecified atom stereocenters. The molecule has 0 saturated carbocycles. The third kappa shape index (κ3) is 3.76. The summed E-state index contributed by atoms with van der Waals surface area (Å²) in [5.74, 6) is -0.676. The van der Waals surface area contributed by atoms with Crippen LogP contribution in [0.2, 0.25) is 0 Å². The van der Waals surface area contributed by atoms with Crippen LogP contribution in [0.5, 0.6) is 0 Å². The first-order chi connectivity index (χ1) is 14.3. The molecule has 30 heavy (non-hydrogen) atoms. The molecule has 2 aromatic heterocycles. The molecule has 6 nitrogen and oxygen atoms in total. The Morgan fingerprint density at radius 1 is 1.13 bits per heavy atom. The summed E-state index contributed by atoms with van der Waals surface area (Å²) in [5.41, 5.74) is 7.56. The van der Waals surface area contributed by atoms with E-state index in [9.17, 15) is 18.0 Å². The molecule has 4 N–H and O–H groups in total. The van der Waals surface area contributed by atoms with Gasteiger partial charge in [-0.25, -0.2) is 0 Å². The van der Waals surface area contributed by atoms with Crippen LogP contribution in [0.3, 0.4) is 0 Å². The number of rotatable bonds is 4. The first kappa shape index (κ1) is 20.0. The number of thiophene rings is 1. The number of nitrogens with one attached hydrogen (secondary N) is 2. The van der Waals surface area contributed by atoms with Crippen LogP contribution < -0.4 is 11.1 Å². The average molecular weight is 447 g/mol. The van der Waals surface area contributed by atoms with Gasteiger partial charge < -0.3 is 11.1 Å². The number of amides is 1. The number of fused-ring (bicyclic) bond motifs is 1. The number of anilines is 2. The van der Waals surface area contributed by atoms with E-state index < -0.39 is 17.1 Å². The lowest BCUT2D eigenvalue weighted by Crippen LogP contribution is -2.13. The maximum absolute atomic E-state index is 12.7. The summed E-state index contributed by atoms with van der Waals surface area (Å²) < 4.78 is 39.1. The number of nitrogens with two attached hydrogens (primary N) is 1. The van der Waals surface area contributed by atoms with Gasteiger partial charge in [0.25, 0.3) is 5.91 Å². The summed E-state index contributed by atoms with van der Waals surface area (Å²) >= 11 is 1.71. The SMILES string of the molecule is N=Cc1cc(C(=O)Nc2nnc(C(F)(F)F)s2)cc(-c2cc3ccccc3s2)c1N. The molecule has 0 bridgehead atoms. The van der Waals surface area contributed by atoms with Crippen LogP contribution >= 0.6 is 22.7 Å². The number of aromatic nitrogens is 2. The Labute approximate surface area is 175 Å². The molecule has 0 fully saturated rings. The highest BCUT2D eigenvalue weighted by Gasteiger charge is 2.35. The smallest absolute Gasteiger partial charge is 0.398 e. The number of benzene rings is 2. The third-order valence-corrected chi connectivity index (χ3v) is 6.24. The lowest BCUT2D eigenvalue weighted by atomic mass is 10.0. The zero-order chi connectivity index (χ0) is 21.5. The summed E-state index contributed by atoms with van der Waals surface area (Å²) in [5, 5.41) is 15.9. The van der Waals surface area contributed by atoms with E-state index in [1.165, 1.54) is 17.4 Å². The zero-order valence-corrected chi connectivity index (χ0v) is 16.6. The number of hydrogen-bond acceptors (Lipinski definition) is 7. The lowest BCUT2D eigenvalue weighted by Gasteiger charge is -2.10. The second-order valence-corrected chi connectivity index (χ2v) is 8.25. The summed E-state index contributed by atoms with van der Waals surface area (Å²) in [7, 11) is 0. The molecule has 4 rings (SSSR count). The van der Waals surface area contributed by atoms with Crippen molar-refractivity contribution >= 4 is 55.7 Å². The molecule has 4 aromatic rings. The molecule has 0 aliphatic rings. The minimum atomic E-state index is -4.64.